The van der Waals surface area contributed by atoms with Gasteiger partial charge in [0, 0.05) is 18.7 Å². The van der Waals surface area contributed by atoms with Crippen LogP contribution in [-0.4, -0.2) is 23.9 Å². The lowest BCUT2D eigenvalue weighted by molar-refractivity contribution is -0.137. The molecule has 21 heavy (non-hydrogen) atoms. The van der Waals surface area contributed by atoms with Crippen molar-refractivity contribution < 1.29 is 18.0 Å². The van der Waals surface area contributed by atoms with Gasteiger partial charge in [-0.3, -0.25) is 10.6 Å². The minimum absolute atomic E-state index is 0.0302. The van der Waals surface area contributed by atoms with E-state index in [0.717, 1.165) is 6.07 Å². The Morgan fingerprint density at radius 2 is 1.86 bits per heavy atom. The standard InChI is InChI=1S/C14H18F3N3O/c1-8-6-20(7-9(8)2)13(21)10-3-4-12(19-18)11(5-10)14(15,16)17/h3-5,8-9,19H,6-7,18H2,1-2H3. The number of nitrogens with one attached hydrogen (secondary N) is 1. The fourth-order valence-electron chi connectivity index (χ4n) is 2.52. The van der Waals surface area contributed by atoms with Crippen LogP contribution in [0, 0.1) is 11.8 Å². The highest BCUT2D eigenvalue weighted by molar-refractivity contribution is 5.95. The summed E-state index contributed by atoms with van der Waals surface area (Å²) in [6.07, 6.45) is -4.57. The van der Waals surface area contributed by atoms with Crippen molar-refractivity contribution in [3.05, 3.63) is 29.3 Å². The van der Waals surface area contributed by atoms with E-state index in [4.69, 9.17) is 5.84 Å². The van der Waals surface area contributed by atoms with Gasteiger partial charge in [-0.05, 0) is 30.0 Å². The zero-order valence-electron chi connectivity index (χ0n) is 11.9. The van der Waals surface area contributed by atoms with Crippen LogP contribution in [0.5, 0.6) is 0 Å². The van der Waals surface area contributed by atoms with Crippen LogP contribution in [0.2, 0.25) is 0 Å². The number of carbonyl (C=O) groups excluding carboxylic acids is 1. The first-order chi connectivity index (χ1) is 9.74. The maximum absolute atomic E-state index is 13.0. The molecule has 1 aliphatic heterocycles. The molecule has 2 rings (SSSR count). The summed E-state index contributed by atoms with van der Waals surface area (Å²) in [7, 11) is 0. The molecule has 1 aromatic carbocycles. The molecule has 2 atom stereocenters. The fourth-order valence-corrected chi connectivity index (χ4v) is 2.52. The third kappa shape index (κ3) is 3.12. The molecular weight excluding hydrogens is 283 g/mol. The smallest absolute Gasteiger partial charge is 0.338 e. The van der Waals surface area contributed by atoms with Crippen molar-refractivity contribution >= 4 is 11.6 Å². The number of rotatable bonds is 2. The Labute approximate surface area is 121 Å². The van der Waals surface area contributed by atoms with Crippen LogP contribution in [-0.2, 0) is 6.18 Å². The second-order valence-corrected chi connectivity index (χ2v) is 5.57. The summed E-state index contributed by atoms with van der Waals surface area (Å²) in [5.74, 6) is 5.41. The first-order valence-electron chi connectivity index (χ1n) is 6.71. The van der Waals surface area contributed by atoms with Crippen molar-refractivity contribution in [1.82, 2.24) is 4.90 Å². The number of amides is 1. The van der Waals surface area contributed by atoms with Crippen molar-refractivity contribution in [3.63, 3.8) is 0 Å². The Morgan fingerprint density at radius 3 is 2.33 bits per heavy atom. The van der Waals surface area contributed by atoms with E-state index in [1.54, 1.807) is 4.90 Å². The van der Waals surface area contributed by atoms with Crippen LogP contribution in [0.15, 0.2) is 18.2 Å². The van der Waals surface area contributed by atoms with Crippen molar-refractivity contribution in [2.45, 2.75) is 20.0 Å². The molecule has 1 aliphatic rings. The predicted octanol–water partition coefficient (Wildman–Crippen LogP) is 2.72. The van der Waals surface area contributed by atoms with E-state index < -0.39 is 11.7 Å². The molecule has 3 N–H and O–H groups in total. The third-order valence-electron chi connectivity index (χ3n) is 4.00. The topological polar surface area (TPSA) is 58.4 Å². The summed E-state index contributed by atoms with van der Waals surface area (Å²) in [6.45, 7) is 5.19. The average molecular weight is 301 g/mol. The summed E-state index contributed by atoms with van der Waals surface area (Å²) < 4.78 is 38.9. The number of benzene rings is 1. The molecule has 1 heterocycles. The van der Waals surface area contributed by atoms with E-state index in [1.807, 2.05) is 19.3 Å². The van der Waals surface area contributed by atoms with E-state index in [2.05, 4.69) is 0 Å². The molecule has 0 bridgehead atoms. The predicted molar refractivity (Wildman–Crippen MR) is 73.5 cm³/mol. The molecule has 1 saturated heterocycles. The van der Waals surface area contributed by atoms with Gasteiger partial charge in [-0.25, -0.2) is 0 Å². The lowest BCUT2D eigenvalue weighted by Gasteiger charge is -2.18. The number of alkyl halides is 3. The number of hydrazine groups is 1. The highest BCUT2D eigenvalue weighted by atomic mass is 19.4. The van der Waals surface area contributed by atoms with Gasteiger partial charge in [-0.2, -0.15) is 13.2 Å². The largest absolute Gasteiger partial charge is 0.418 e. The molecule has 2 unspecified atom stereocenters. The number of hydrogen-bond donors (Lipinski definition) is 2. The molecule has 7 heteroatoms. The lowest BCUT2D eigenvalue weighted by atomic mass is 10.0. The third-order valence-corrected chi connectivity index (χ3v) is 4.00. The van der Waals surface area contributed by atoms with Crippen molar-refractivity contribution in [2.24, 2.45) is 17.7 Å². The van der Waals surface area contributed by atoms with Gasteiger partial charge in [0.1, 0.15) is 0 Å². The number of hydrogen-bond acceptors (Lipinski definition) is 3. The highest BCUT2D eigenvalue weighted by Gasteiger charge is 2.35. The number of carbonyl (C=O) groups is 1. The maximum atomic E-state index is 13.0. The number of nitrogens with zero attached hydrogens (tertiary/aromatic N) is 1. The SMILES string of the molecule is CC1CN(C(=O)c2ccc(NN)c(C(F)(F)F)c2)CC1C. The van der Waals surface area contributed by atoms with Gasteiger partial charge in [-0.15, -0.1) is 0 Å². The lowest BCUT2D eigenvalue weighted by Crippen LogP contribution is -2.29. The normalized spacial score (nSPS) is 22.5. The average Bonchev–Trinajstić information content (AvgIpc) is 2.76. The molecule has 1 amide bonds. The number of likely N-dealkylation sites (tertiary alicyclic amines) is 1. The van der Waals surface area contributed by atoms with Gasteiger partial charge in [0.05, 0.1) is 11.3 Å². The molecule has 4 nitrogen and oxygen atoms in total. The van der Waals surface area contributed by atoms with Crippen LogP contribution in [0.4, 0.5) is 18.9 Å². The quantitative estimate of drug-likeness (QED) is 0.652. The second-order valence-electron chi connectivity index (χ2n) is 5.57. The molecule has 0 saturated carbocycles. The number of anilines is 1. The Morgan fingerprint density at radius 1 is 1.29 bits per heavy atom. The minimum Gasteiger partial charge on any atom is -0.338 e. The summed E-state index contributed by atoms with van der Waals surface area (Å²) in [6, 6.07) is 3.39. The van der Waals surface area contributed by atoms with Crippen LogP contribution in [0.25, 0.3) is 0 Å². The fraction of sp³-hybridized carbons (Fsp3) is 0.500. The first kappa shape index (κ1) is 15.6. The monoisotopic (exact) mass is 301 g/mol. The number of halogens is 3. The summed E-state index contributed by atoms with van der Waals surface area (Å²) >= 11 is 0. The van der Waals surface area contributed by atoms with Crippen LogP contribution in [0.1, 0.15) is 29.8 Å². The van der Waals surface area contributed by atoms with Gasteiger partial charge in [0.25, 0.3) is 5.91 Å². The Bertz CT molecular complexity index is 535. The summed E-state index contributed by atoms with van der Waals surface area (Å²) in [5.41, 5.74) is 0.855. The molecule has 0 aromatic heterocycles. The Kier molecular flexibility index (Phi) is 4.13. The van der Waals surface area contributed by atoms with E-state index in [1.165, 1.54) is 12.1 Å². The molecule has 0 aliphatic carbocycles. The molecule has 0 radical (unpaired) electrons. The Hall–Kier alpha value is -1.76. The van der Waals surface area contributed by atoms with Crippen LogP contribution in [0.3, 0.4) is 0 Å². The van der Waals surface area contributed by atoms with Crippen LogP contribution >= 0.6 is 0 Å². The van der Waals surface area contributed by atoms with Crippen LogP contribution < -0.4 is 11.3 Å². The molecule has 0 spiro atoms. The minimum atomic E-state index is -4.57. The summed E-state index contributed by atoms with van der Waals surface area (Å²) in [5, 5.41) is 0. The van der Waals surface area contributed by atoms with E-state index in [9.17, 15) is 18.0 Å². The number of nitrogens with two attached hydrogens (primary N) is 1. The van der Waals surface area contributed by atoms with Gasteiger partial charge in [-0.1, -0.05) is 13.8 Å². The van der Waals surface area contributed by atoms with Gasteiger partial charge >= 0.3 is 6.18 Å². The maximum Gasteiger partial charge on any atom is 0.418 e. The zero-order chi connectivity index (χ0) is 15.8. The molecule has 1 aromatic rings. The highest BCUT2D eigenvalue weighted by Crippen LogP contribution is 2.35. The molecule has 116 valence electrons. The Balaban J connectivity index is 2.31. The number of nitrogen functional groups attached to an aromatic ring is 1. The van der Waals surface area contributed by atoms with E-state index in [-0.39, 0.29) is 17.2 Å². The summed E-state index contributed by atoms with van der Waals surface area (Å²) in [4.78, 5) is 13.9. The zero-order valence-corrected chi connectivity index (χ0v) is 11.9. The van der Waals surface area contributed by atoms with E-state index in [0.29, 0.717) is 24.9 Å². The first-order valence-corrected chi connectivity index (χ1v) is 6.71. The van der Waals surface area contributed by atoms with Crippen molar-refractivity contribution in [2.75, 3.05) is 18.5 Å². The van der Waals surface area contributed by atoms with Crippen molar-refractivity contribution in [3.8, 4) is 0 Å². The molecule has 1 fully saturated rings. The van der Waals surface area contributed by atoms with E-state index >= 15 is 0 Å². The van der Waals surface area contributed by atoms with Gasteiger partial charge in [0.15, 0.2) is 0 Å². The van der Waals surface area contributed by atoms with Gasteiger partial charge in [0.2, 0.25) is 0 Å². The van der Waals surface area contributed by atoms with Gasteiger partial charge < -0.3 is 10.3 Å². The second kappa shape index (κ2) is 5.55. The van der Waals surface area contributed by atoms with Crippen molar-refractivity contribution in [1.29, 1.82) is 0 Å². The molecular formula is C14H18F3N3O.